The van der Waals surface area contributed by atoms with Gasteiger partial charge in [-0.3, -0.25) is 4.39 Å². The Bertz CT molecular complexity index is 114. The molecule has 0 atom stereocenters. The Kier molecular flexibility index (Phi) is 23.4. The number of unbranched alkanes of at least 4 members (excludes halogenated alkanes) is 13. The number of alkyl halides is 1. The maximum absolute atomic E-state index is 11.8. The van der Waals surface area contributed by atoms with Gasteiger partial charge in [-0.1, -0.05) is 90.4 Å². The lowest BCUT2D eigenvalue weighted by molar-refractivity contribution is 0.448. The SMILES string of the molecule is CCCCCCCCCCCCCCCCF.[MgH2]. The van der Waals surface area contributed by atoms with Crippen molar-refractivity contribution in [2.45, 2.75) is 96.8 Å². The van der Waals surface area contributed by atoms with Crippen molar-refractivity contribution < 1.29 is 4.39 Å². The molecule has 0 unspecified atom stereocenters. The quantitative estimate of drug-likeness (QED) is 0.288. The molecule has 0 heterocycles. The molecule has 0 aliphatic heterocycles. The van der Waals surface area contributed by atoms with E-state index in [0.29, 0.717) is 0 Å². The van der Waals surface area contributed by atoms with E-state index < -0.39 is 0 Å². The average Bonchev–Trinajstić information content (AvgIpc) is 2.35. The summed E-state index contributed by atoms with van der Waals surface area (Å²) in [5.41, 5.74) is 0. The molecule has 0 N–H and O–H groups in total. The van der Waals surface area contributed by atoms with Crippen LogP contribution >= 0.6 is 0 Å². The molecule has 0 fully saturated rings. The summed E-state index contributed by atoms with van der Waals surface area (Å²) in [6.45, 7) is 2.14. The van der Waals surface area contributed by atoms with Crippen LogP contribution in [0.5, 0.6) is 0 Å². The molecule has 108 valence electrons. The van der Waals surface area contributed by atoms with Crippen LogP contribution in [-0.4, -0.2) is 29.7 Å². The van der Waals surface area contributed by atoms with E-state index in [0.717, 1.165) is 12.8 Å². The minimum absolute atomic E-state index is 0. The fourth-order valence-electron chi connectivity index (χ4n) is 2.29. The van der Waals surface area contributed by atoms with Gasteiger partial charge in [-0.15, -0.1) is 0 Å². The van der Waals surface area contributed by atoms with Gasteiger partial charge in [0.2, 0.25) is 0 Å². The van der Waals surface area contributed by atoms with E-state index in [1.54, 1.807) is 0 Å². The molecule has 0 saturated heterocycles. The van der Waals surface area contributed by atoms with Gasteiger partial charge < -0.3 is 0 Å². The predicted molar refractivity (Wildman–Crippen MR) is 84.8 cm³/mol. The second-order valence-corrected chi connectivity index (χ2v) is 5.29. The lowest BCUT2D eigenvalue weighted by atomic mass is 10.0. The number of rotatable bonds is 14. The van der Waals surface area contributed by atoms with Crippen molar-refractivity contribution in [3.8, 4) is 0 Å². The van der Waals surface area contributed by atoms with Gasteiger partial charge in [0, 0.05) is 0 Å². The van der Waals surface area contributed by atoms with Crippen LogP contribution < -0.4 is 0 Å². The van der Waals surface area contributed by atoms with Crippen molar-refractivity contribution in [1.82, 2.24) is 0 Å². The molecular formula is C16H35FMg. The minimum Gasteiger partial charge on any atom is -0.251 e. The maximum atomic E-state index is 11.8. The summed E-state index contributed by atoms with van der Waals surface area (Å²) in [5.74, 6) is 0. The van der Waals surface area contributed by atoms with Gasteiger partial charge in [-0.05, 0) is 6.42 Å². The highest BCUT2D eigenvalue weighted by Crippen LogP contribution is 2.12. The molecule has 0 aliphatic rings. The van der Waals surface area contributed by atoms with E-state index in [4.69, 9.17) is 0 Å². The first-order valence-corrected chi connectivity index (χ1v) is 7.97. The van der Waals surface area contributed by atoms with Crippen LogP contribution in [0.15, 0.2) is 0 Å². The molecule has 18 heavy (non-hydrogen) atoms. The van der Waals surface area contributed by atoms with Crippen LogP contribution in [-0.2, 0) is 0 Å². The Morgan fingerprint density at radius 2 is 0.778 bits per heavy atom. The Morgan fingerprint density at radius 3 is 1.06 bits per heavy atom. The molecule has 0 aromatic heterocycles. The number of hydrogen-bond acceptors (Lipinski definition) is 0. The maximum Gasteiger partial charge on any atom is 0.316 e. The van der Waals surface area contributed by atoms with Crippen molar-refractivity contribution in [1.29, 1.82) is 0 Å². The summed E-state index contributed by atoms with van der Waals surface area (Å²) in [6.07, 6.45) is 18.5. The highest BCUT2D eigenvalue weighted by Gasteiger charge is 1.93. The summed E-state index contributed by atoms with van der Waals surface area (Å²) < 4.78 is 11.8. The zero-order valence-corrected chi connectivity index (χ0v) is 12.0. The summed E-state index contributed by atoms with van der Waals surface area (Å²) in [4.78, 5) is 0. The summed E-state index contributed by atoms with van der Waals surface area (Å²) in [6, 6.07) is 0. The van der Waals surface area contributed by atoms with Crippen LogP contribution in [0.4, 0.5) is 4.39 Å². The second-order valence-electron chi connectivity index (χ2n) is 5.29. The van der Waals surface area contributed by atoms with Gasteiger partial charge >= 0.3 is 23.1 Å². The fraction of sp³-hybridized carbons (Fsp3) is 1.00. The van der Waals surface area contributed by atoms with E-state index in [9.17, 15) is 4.39 Å². The van der Waals surface area contributed by atoms with Crippen LogP contribution in [0.3, 0.4) is 0 Å². The van der Waals surface area contributed by atoms with Crippen LogP contribution in [0.2, 0.25) is 0 Å². The normalized spacial score (nSPS) is 10.3. The van der Waals surface area contributed by atoms with Crippen LogP contribution in [0.25, 0.3) is 0 Å². The van der Waals surface area contributed by atoms with E-state index in [1.807, 2.05) is 0 Å². The first-order valence-electron chi connectivity index (χ1n) is 7.97. The topological polar surface area (TPSA) is 0 Å². The zero-order chi connectivity index (χ0) is 12.6. The Hall–Kier alpha value is 0.696. The monoisotopic (exact) mass is 270 g/mol. The molecule has 2 heteroatoms. The smallest absolute Gasteiger partial charge is 0.251 e. The summed E-state index contributed by atoms with van der Waals surface area (Å²) >= 11 is 0. The highest BCUT2D eigenvalue weighted by atomic mass is 24.3. The average molecular weight is 271 g/mol. The van der Waals surface area contributed by atoms with Gasteiger partial charge in [0.25, 0.3) is 0 Å². The summed E-state index contributed by atoms with van der Waals surface area (Å²) in [7, 11) is 0. The third-order valence-electron chi connectivity index (χ3n) is 3.49. The molecule has 0 rings (SSSR count). The third-order valence-corrected chi connectivity index (χ3v) is 3.49. The van der Waals surface area contributed by atoms with Gasteiger partial charge in [0.1, 0.15) is 0 Å². The minimum atomic E-state index is -0.127. The fourth-order valence-corrected chi connectivity index (χ4v) is 2.29. The van der Waals surface area contributed by atoms with Crippen molar-refractivity contribution >= 4 is 23.1 Å². The predicted octanol–water partition coefficient (Wildman–Crippen LogP) is 5.52. The Labute approximate surface area is 131 Å². The van der Waals surface area contributed by atoms with Gasteiger partial charge in [-0.25, -0.2) is 0 Å². The summed E-state index contributed by atoms with van der Waals surface area (Å²) in [5, 5.41) is 0. The number of hydrogen-bond donors (Lipinski definition) is 0. The molecule has 0 bridgehead atoms. The van der Waals surface area contributed by atoms with Crippen molar-refractivity contribution in [2.24, 2.45) is 0 Å². The van der Waals surface area contributed by atoms with Gasteiger partial charge in [0.05, 0.1) is 6.67 Å². The molecule has 0 radical (unpaired) electrons. The van der Waals surface area contributed by atoms with Gasteiger partial charge in [-0.2, -0.15) is 0 Å². The Morgan fingerprint density at radius 1 is 0.500 bits per heavy atom. The van der Waals surface area contributed by atoms with E-state index in [1.165, 1.54) is 77.0 Å². The van der Waals surface area contributed by atoms with E-state index in [2.05, 4.69) is 6.92 Å². The third kappa shape index (κ3) is 19.0. The lowest BCUT2D eigenvalue weighted by Gasteiger charge is -2.02. The first kappa shape index (κ1) is 21.0. The van der Waals surface area contributed by atoms with Crippen molar-refractivity contribution in [3.05, 3.63) is 0 Å². The van der Waals surface area contributed by atoms with E-state index >= 15 is 0 Å². The van der Waals surface area contributed by atoms with Gasteiger partial charge in [0.15, 0.2) is 0 Å². The van der Waals surface area contributed by atoms with Crippen molar-refractivity contribution in [3.63, 3.8) is 0 Å². The van der Waals surface area contributed by atoms with Crippen molar-refractivity contribution in [2.75, 3.05) is 6.67 Å². The molecule has 0 saturated carbocycles. The standard InChI is InChI=1S/C16H33F.Mg.2H/c1-2-3-4-5-6-7-8-9-10-11-12-13-14-15-16-17;;;/h2-16H2,1H3;;;. The molecular weight excluding hydrogens is 235 g/mol. The molecule has 0 aromatic carbocycles. The molecule has 0 aromatic rings. The molecule has 0 amide bonds. The first-order chi connectivity index (χ1) is 8.41. The van der Waals surface area contributed by atoms with E-state index in [-0.39, 0.29) is 29.7 Å². The Balaban J connectivity index is 0. The molecule has 0 aliphatic carbocycles. The van der Waals surface area contributed by atoms with Crippen LogP contribution in [0, 0.1) is 0 Å². The zero-order valence-electron chi connectivity index (χ0n) is 12.0. The molecule has 0 nitrogen and oxygen atoms in total. The lowest BCUT2D eigenvalue weighted by Crippen LogP contribution is -1.83. The largest absolute Gasteiger partial charge is 0.316 e. The molecule has 0 spiro atoms. The number of halogens is 1. The second kappa shape index (κ2) is 20.0. The van der Waals surface area contributed by atoms with Crippen LogP contribution in [0.1, 0.15) is 96.8 Å². The highest BCUT2D eigenvalue weighted by molar-refractivity contribution is 5.75.